The van der Waals surface area contributed by atoms with Gasteiger partial charge in [0.15, 0.2) is 0 Å². The van der Waals surface area contributed by atoms with Crippen molar-refractivity contribution in [3.63, 3.8) is 0 Å². The Bertz CT molecular complexity index is 743. The molecule has 2 N–H and O–H groups in total. The number of hydrogen-bond donors (Lipinski definition) is 2. The Hall–Kier alpha value is -2.25. The zero-order chi connectivity index (χ0) is 19.1. The summed E-state index contributed by atoms with van der Waals surface area (Å²) in [5, 5.41) is 9.47. The average molecular weight is 389 g/mol. The minimum atomic E-state index is -0.679. The Morgan fingerprint density at radius 3 is 2.41 bits per heavy atom. The van der Waals surface area contributed by atoms with Gasteiger partial charge in [0.2, 0.25) is 0 Å². The fraction of sp³-hybridized carbons (Fsp3) is 0.400. The molecular formula is C20H24FN3O2S. The molecule has 2 heterocycles. The van der Waals surface area contributed by atoms with Crippen LogP contribution in [0.25, 0.3) is 0 Å². The lowest BCUT2D eigenvalue weighted by Gasteiger charge is -2.34. The van der Waals surface area contributed by atoms with Crippen LogP contribution in [0.2, 0.25) is 0 Å². The van der Waals surface area contributed by atoms with Gasteiger partial charge in [-0.15, -0.1) is 0 Å². The largest absolute Gasteiger partial charge is 0.346 e. The zero-order valence-electron chi connectivity index (χ0n) is 15.1. The van der Waals surface area contributed by atoms with E-state index in [1.807, 2.05) is 5.38 Å². The quantitative estimate of drug-likeness (QED) is 0.747. The lowest BCUT2D eigenvalue weighted by Crippen LogP contribution is -2.45. The van der Waals surface area contributed by atoms with E-state index in [4.69, 9.17) is 0 Å². The second kappa shape index (κ2) is 9.62. The monoisotopic (exact) mass is 389 g/mol. The minimum absolute atomic E-state index is 0.0883. The van der Waals surface area contributed by atoms with Gasteiger partial charge in [0, 0.05) is 13.1 Å². The molecule has 1 atom stereocenters. The Morgan fingerprint density at radius 2 is 1.74 bits per heavy atom. The van der Waals surface area contributed by atoms with E-state index in [2.05, 4.69) is 27.0 Å². The molecule has 144 valence electrons. The van der Waals surface area contributed by atoms with Crippen molar-refractivity contribution in [2.75, 3.05) is 19.6 Å². The van der Waals surface area contributed by atoms with Gasteiger partial charge >= 0.3 is 11.8 Å². The van der Waals surface area contributed by atoms with E-state index in [1.165, 1.54) is 24.1 Å². The minimum Gasteiger partial charge on any atom is -0.346 e. The first kappa shape index (κ1) is 19.5. The lowest BCUT2D eigenvalue weighted by molar-refractivity contribution is -0.139. The smallest absolute Gasteiger partial charge is 0.309 e. The van der Waals surface area contributed by atoms with Crippen LogP contribution < -0.4 is 10.6 Å². The number of likely N-dealkylation sites (tertiary alicyclic amines) is 1. The van der Waals surface area contributed by atoms with Crippen LogP contribution in [0.1, 0.15) is 36.4 Å². The summed E-state index contributed by atoms with van der Waals surface area (Å²) in [4.78, 5) is 26.6. The summed E-state index contributed by atoms with van der Waals surface area (Å²) in [6.45, 7) is 2.60. The molecule has 2 amide bonds. The molecule has 0 bridgehead atoms. The topological polar surface area (TPSA) is 61.4 Å². The van der Waals surface area contributed by atoms with Crippen LogP contribution >= 0.6 is 11.3 Å². The van der Waals surface area contributed by atoms with E-state index < -0.39 is 11.8 Å². The molecule has 27 heavy (non-hydrogen) atoms. The van der Waals surface area contributed by atoms with E-state index in [9.17, 15) is 14.0 Å². The molecule has 3 rings (SSSR count). The predicted molar refractivity (Wildman–Crippen MR) is 104 cm³/mol. The van der Waals surface area contributed by atoms with Crippen molar-refractivity contribution in [2.45, 2.75) is 31.8 Å². The van der Waals surface area contributed by atoms with Crippen LogP contribution in [0.5, 0.6) is 0 Å². The molecule has 0 saturated carbocycles. The predicted octanol–water partition coefficient (Wildman–Crippen LogP) is 2.85. The van der Waals surface area contributed by atoms with Gasteiger partial charge in [0.05, 0.1) is 6.04 Å². The second-order valence-corrected chi connectivity index (χ2v) is 7.47. The maximum Gasteiger partial charge on any atom is 0.309 e. The molecule has 1 fully saturated rings. The van der Waals surface area contributed by atoms with Crippen LogP contribution in [0.3, 0.4) is 0 Å². The summed E-state index contributed by atoms with van der Waals surface area (Å²) in [7, 11) is 0. The number of carbonyl (C=O) groups excluding carboxylic acids is 2. The van der Waals surface area contributed by atoms with E-state index in [-0.39, 0.29) is 18.4 Å². The number of thiophene rings is 1. The van der Waals surface area contributed by atoms with Crippen molar-refractivity contribution >= 4 is 23.2 Å². The van der Waals surface area contributed by atoms with Gasteiger partial charge < -0.3 is 10.6 Å². The SMILES string of the molecule is O=C(NCc1ccc(F)cc1)C(=O)NCC(c1ccsc1)N1CCCCC1. The Balaban J connectivity index is 1.52. The van der Waals surface area contributed by atoms with Gasteiger partial charge in [-0.05, 0) is 66.0 Å². The number of nitrogens with one attached hydrogen (secondary N) is 2. The van der Waals surface area contributed by atoms with Crippen molar-refractivity contribution in [1.29, 1.82) is 0 Å². The van der Waals surface area contributed by atoms with Crippen molar-refractivity contribution in [3.8, 4) is 0 Å². The second-order valence-electron chi connectivity index (χ2n) is 6.69. The Labute approximate surface area is 162 Å². The maximum atomic E-state index is 12.9. The van der Waals surface area contributed by atoms with Crippen LogP contribution in [-0.2, 0) is 16.1 Å². The molecule has 1 aliphatic rings. The highest BCUT2D eigenvalue weighted by molar-refractivity contribution is 7.08. The normalized spacial score (nSPS) is 15.9. The highest BCUT2D eigenvalue weighted by Crippen LogP contribution is 2.25. The summed E-state index contributed by atoms with van der Waals surface area (Å²) < 4.78 is 12.9. The lowest BCUT2D eigenvalue weighted by atomic mass is 10.0. The molecule has 5 nitrogen and oxygen atoms in total. The van der Waals surface area contributed by atoms with Gasteiger partial charge in [-0.3, -0.25) is 14.5 Å². The van der Waals surface area contributed by atoms with Crippen LogP contribution in [0.15, 0.2) is 41.1 Å². The van der Waals surface area contributed by atoms with E-state index in [0.717, 1.165) is 31.5 Å². The molecule has 1 aliphatic heterocycles. The van der Waals surface area contributed by atoms with Crippen LogP contribution in [0.4, 0.5) is 4.39 Å². The van der Waals surface area contributed by atoms with E-state index >= 15 is 0 Å². The third-order valence-corrected chi connectivity index (χ3v) is 5.49. The molecule has 1 unspecified atom stereocenters. The standard InChI is InChI=1S/C20H24FN3O2S/c21-17-6-4-15(5-7-17)12-22-19(25)20(26)23-13-18(16-8-11-27-14-16)24-9-2-1-3-10-24/h4-8,11,14,18H,1-3,9-10,12-13H2,(H,22,25)(H,23,26). The summed E-state index contributed by atoms with van der Waals surface area (Å²) in [6.07, 6.45) is 3.56. The molecule has 1 aromatic heterocycles. The fourth-order valence-electron chi connectivity index (χ4n) is 3.29. The molecule has 0 spiro atoms. The van der Waals surface area contributed by atoms with Gasteiger partial charge in [0.25, 0.3) is 0 Å². The van der Waals surface area contributed by atoms with Gasteiger partial charge in [-0.25, -0.2) is 4.39 Å². The highest BCUT2D eigenvalue weighted by atomic mass is 32.1. The number of halogens is 1. The molecule has 7 heteroatoms. The maximum absolute atomic E-state index is 12.9. The molecule has 1 aromatic carbocycles. The van der Waals surface area contributed by atoms with Crippen molar-refractivity contribution in [1.82, 2.24) is 15.5 Å². The summed E-state index contributed by atoms with van der Waals surface area (Å²) in [5.41, 5.74) is 1.91. The highest BCUT2D eigenvalue weighted by Gasteiger charge is 2.24. The third-order valence-electron chi connectivity index (χ3n) is 4.79. The van der Waals surface area contributed by atoms with Crippen molar-refractivity contribution < 1.29 is 14.0 Å². The number of amides is 2. The number of benzene rings is 1. The number of piperidine rings is 1. The number of nitrogens with zero attached hydrogens (tertiary/aromatic N) is 1. The van der Waals surface area contributed by atoms with Gasteiger partial charge in [-0.1, -0.05) is 18.6 Å². The van der Waals surface area contributed by atoms with Gasteiger partial charge in [0.1, 0.15) is 5.82 Å². The number of rotatable bonds is 6. The Kier molecular flexibility index (Phi) is 6.95. The first-order chi connectivity index (χ1) is 13.1. The molecule has 0 aliphatic carbocycles. The third kappa shape index (κ3) is 5.61. The molecule has 0 radical (unpaired) electrons. The summed E-state index contributed by atoms with van der Waals surface area (Å²) in [5.74, 6) is -1.66. The van der Waals surface area contributed by atoms with Crippen molar-refractivity contribution in [3.05, 3.63) is 58.0 Å². The fourth-order valence-corrected chi connectivity index (χ4v) is 3.99. The summed E-state index contributed by atoms with van der Waals surface area (Å²) >= 11 is 1.63. The van der Waals surface area contributed by atoms with E-state index in [1.54, 1.807) is 23.5 Å². The number of carbonyl (C=O) groups is 2. The molecular weight excluding hydrogens is 365 g/mol. The van der Waals surface area contributed by atoms with Crippen molar-refractivity contribution in [2.24, 2.45) is 0 Å². The van der Waals surface area contributed by atoms with Crippen LogP contribution in [0, 0.1) is 5.82 Å². The first-order valence-electron chi connectivity index (χ1n) is 9.20. The summed E-state index contributed by atoms with van der Waals surface area (Å²) in [6, 6.07) is 7.97. The molecule has 2 aromatic rings. The van der Waals surface area contributed by atoms with Gasteiger partial charge in [-0.2, -0.15) is 11.3 Å². The Morgan fingerprint density at radius 1 is 1.04 bits per heavy atom. The average Bonchev–Trinajstić information content (AvgIpc) is 3.22. The first-order valence-corrected chi connectivity index (χ1v) is 10.1. The number of hydrogen-bond acceptors (Lipinski definition) is 4. The molecule has 1 saturated heterocycles. The van der Waals surface area contributed by atoms with E-state index in [0.29, 0.717) is 6.54 Å². The zero-order valence-corrected chi connectivity index (χ0v) is 15.9. The van der Waals surface area contributed by atoms with Crippen LogP contribution in [-0.4, -0.2) is 36.3 Å².